The van der Waals surface area contributed by atoms with Crippen LogP contribution < -0.4 is 5.73 Å². The van der Waals surface area contributed by atoms with Crippen molar-refractivity contribution < 1.29 is 4.79 Å². The summed E-state index contributed by atoms with van der Waals surface area (Å²) in [5.74, 6) is 0.707. The molecule has 1 aromatic carbocycles. The quantitative estimate of drug-likeness (QED) is 0.884. The van der Waals surface area contributed by atoms with Crippen molar-refractivity contribution in [3.8, 4) is 0 Å². The van der Waals surface area contributed by atoms with Gasteiger partial charge in [0.25, 0.3) is 0 Å². The van der Waals surface area contributed by atoms with Gasteiger partial charge in [-0.1, -0.05) is 30.3 Å². The minimum atomic E-state index is -0.0144. The van der Waals surface area contributed by atoms with Crippen molar-refractivity contribution in [2.45, 2.75) is 32.7 Å². The van der Waals surface area contributed by atoms with Gasteiger partial charge in [-0.2, -0.15) is 0 Å². The van der Waals surface area contributed by atoms with Crippen molar-refractivity contribution in [3.05, 3.63) is 35.9 Å². The van der Waals surface area contributed by atoms with Crippen LogP contribution in [0.2, 0.25) is 0 Å². The topological polar surface area (TPSA) is 46.3 Å². The number of rotatable bonds is 5. The summed E-state index contributed by atoms with van der Waals surface area (Å²) >= 11 is 0. The van der Waals surface area contributed by atoms with Crippen LogP contribution >= 0.6 is 0 Å². The SMILES string of the molecule is CCN(CC)C(=O)[C@@H]1CC[C@@H]1C(N)c1ccccc1. The third kappa shape index (κ3) is 2.81. The van der Waals surface area contributed by atoms with Crippen LogP contribution in [-0.2, 0) is 4.79 Å². The summed E-state index contributed by atoms with van der Waals surface area (Å²) in [7, 11) is 0. The number of amides is 1. The molecule has 0 heterocycles. The molecule has 2 rings (SSSR count). The Balaban J connectivity index is 2.04. The Morgan fingerprint density at radius 1 is 1.26 bits per heavy atom. The lowest BCUT2D eigenvalue weighted by Crippen LogP contribution is -2.46. The molecule has 0 aliphatic heterocycles. The molecule has 104 valence electrons. The highest BCUT2D eigenvalue weighted by atomic mass is 16.2. The minimum absolute atomic E-state index is 0.0144. The normalized spacial score (nSPS) is 23.5. The van der Waals surface area contributed by atoms with Gasteiger partial charge in [-0.25, -0.2) is 0 Å². The van der Waals surface area contributed by atoms with Crippen LogP contribution in [0.25, 0.3) is 0 Å². The zero-order valence-corrected chi connectivity index (χ0v) is 11.9. The van der Waals surface area contributed by atoms with Gasteiger partial charge in [0.2, 0.25) is 5.91 Å². The highest BCUT2D eigenvalue weighted by Gasteiger charge is 2.41. The summed E-state index contributed by atoms with van der Waals surface area (Å²) in [6.07, 6.45) is 2.05. The summed E-state index contributed by atoms with van der Waals surface area (Å²) in [6, 6.07) is 10.1. The molecule has 0 radical (unpaired) electrons. The average Bonchev–Trinajstić information content (AvgIpc) is 2.40. The van der Waals surface area contributed by atoms with Crippen LogP contribution in [0.15, 0.2) is 30.3 Å². The number of hydrogen-bond acceptors (Lipinski definition) is 2. The molecule has 3 nitrogen and oxygen atoms in total. The van der Waals surface area contributed by atoms with Crippen LogP contribution in [0.4, 0.5) is 0 Å². The first-order chi connectivity index (χ1) is 9.19. The molecule has 3 heteroatoms. The third-order valence-corrected chi connectivity index (χ3v) is 4.37. The van der Waals surface area contributed by atoms with Gasteiger partial charge >= 0.3 is 0 Å². The molecule has 0 bridgehead atoms. The number of benzene rings is 1. The number of nitrogens with zero attached hydrogens (tertiary/aromatic N) is 1. The van der Waals surface area contributed by atoms with Gasteiger partial charge in [-0.15, -0.1) is 0 Å². The highest BCUT2D eigenvalue weighted by molar-refractivity contribution is 5.80. The second-order valence-electron chi connectivity index (χ2n) is 5.29. The predicted molar refractivity (Wildman–Crippen MR) is 77.5 cm³/mol. The fourth-order valence-electron chi connectivity index (χ4n) is 2.95. The van der Waals surface area contributed by atoms with Crippen LogP contribution in [0, 0.1) is 11.8 Å². The van der Waals surface area contributed by atoms with Crippen molar-refractivity contribution >= 4 is 5.91 Å². The molecule has 1 aliphatic carbocycles. The van der Waals surface area contributed by atoms with E-state index in [4.69, 9.17) is 5.73 Å². The fraction of sp³-hybridized carbons (Fsp3) is 0.562. The molecule has 2 N–H and O–H groups in total. The molecule has 0 spiro atoms. The molecule has 1 saturated carbocycles. The minimum Gasteiger partial charge on any atom is -0.343 e. The van der Waals surface area contributed by atoms with E-state index in [0.717, 1.165) is 31.5 Å². The standard InChI is InChI=1S/C16H24N2O/c1-3-18(4-2)16(19)14-11-10-13(14)15(17)12-8-6-5-7-9-12/h5-9,13-15H,3-4,10-11,17H2,1-2H3/t13-,14+,15?/m0/s1. The van der Waals surface area contributed by atoms with E-state index in [9.17, 15) is 4.79 Å². The van der Waals surface area contributed by atoms with E-state index in [1.165, 1.54) is 0 Å². The Kier molecular flexibility index (Phi) is 4.59. The molecule has 1 aliphatic rings. The van der Waals surface area contributed by atoms with Gasteiger partial charge in [0.15, 0.2) is 0 Å². The van der Waals surface area contributed by atoms with Crippen LogP contribution in [-0.4, -0.2) is 23.9 Å². The zero-order valence-electron chi connectivity index (χ0n) is 11.9. The van der Waals surface area contributed by atoms with Gasteiger partial charge in [0.1, 0.15) is 0 Å². The molecule has 3 atom stereocenters. The fourth-order valence-corrected chi connectivity index (χ4v) is 2.95. The molecular weight excluding hydrogens is 236 g/mol. The Morgan fingerprint density at radius 3 is 2.37 bits per heavy atom. The molecular formula is C16H24N2O. The molecule has 1 fully saturated rings. The number of hydrogen-bond donors (Lipinski definition) is 1. The van der Waals surface area contributed by atoms with Crippen molar-refractivity contribution in [2.24, 2.45) is 17.6 Å². The molecule has 1 amide bonds. The summed E-state index contributed by atoms with van der Waals surface area (Å²) in [5.41, 5.74) is 7.48. The van der Waals surface area contributed by atoms with E-state index in [-0.39, 0.29) is 17.9 Å². The zero-order chi connectivity index (χ0) is 13.8. The summed E-state index contributed by atoms with van der Waals surface area (Å²) in [6.45, 7) is 5.65. The van der Waals surface area contributed by atoms with Gasteiger partial charge in [0.05, 0.1) is 0 Å². The smallest absolute Gasteiger partial charge is 0.226 e. The van der Waals surface area contributed by atoms with Crippen molar-refractivity contribution in [2.75, 3.05) is 13.1 Å². The highest BCUT2D eigenvalue weighted by Crippen LogP contribution is 2.42. The van der Waals surface area contributed by atoms with Crippen molar-refractivity contribution in [1.29, 1.82) is 0 Å². The maximum absolute atomic E-state index is 12.4. The number of carbonyl (C=O) groups excluding carboxylic acids is 1. The summed E-state index contributed by atoms with van der Waals surface area (Å²) in [5, 5.41) is 0. The molecule has 0 aromatic heterocycles. The lowest BCUT2D eigenvalue weighted by atomic mass is 9.67. The number of nitrogens with two attached hydrogens (primary N) is 1. The predicted octanol–water partition coefficient (Wildman–Crippen LogP) is 2.58. The van der Waals surface area contributed by atoms with E-state index in [1.54, 1.807) is 0 Å². The van der Waals surface area contributed by atoms with E-state index in [0.29, 0.717) is 5.92 Å². The summed E-state index contributed by atoms with van der Waals surface area (Å²) < 4.78 is 0. The van der Waals surface area contributed by atoms with Gasteiger partial charge in [-0.3, -0.25) is 4.79 Å². The van der Waals surface area contributed by atoms with Gasteiger partial charge < -0.3 is 10.6 Å². The Labute approximate surface area is 115 Å². The average molecular weight is 260 g/mol. The first kappa shape index (κ1) is 14.1. The van der Waals surface area contributed by atoms with Gasteiger partial charge in [-0.05, 0) is 38.2 Å². The van der Waals surface area contributed by atoms with E-state index in [2.05, 4.69) is 12.1 Å². The van der Waals surface area contributed by atoms with Gasteiger partial charge in [0, 0.05) is 25.0 Å². The summed E-state index contributed by atoms with van der Waals surface area (Å²) in [4.78, 5) is 14.3. The lowest BCUT2D eigenvalue weighted by molar-refractivity contribution is -0.141. The first-order valence-electron chi connectivity index (χ1n) is 7.28. The van der Waals surface area contributed by atoms with E-state index in [1.807, 2.05) is 36.9 Å². The maximum atomic E-state index is 12.4. The number of carbonyl (C=O) groups is 1. The van der Waals surface area contributed by atoms with Crippen LogP contribution in [0.5, 0.6) is 0 Å². The molecule has 19 heavy (non-hydrogen) atoms. The largest absolute Gasteiger partial charge is 0.343 e. The monoisotopic (exact) mass is 260 g/mol. The molecule has 0 saturated heterocycles. The Bertz CT molecular complexity index is 414. The van der Waals surface area contributed by atoms with Crippen molar-refractivity contribution in [3.63, 3.8) is 0 Å². The van der Waals surface area contributed by atoms with E-state index >= 15 is 0 Å². The van der Waals surface area contributed by atoms with Crippen LogP contribution in [0.3, 0.4) is 0 Å². The third-order valence-electron chi connectivity index (χ3n) is 4.37. The van der Waals surface area contributed by atoms with Crippen molar-refractivity contribution in [1.82, 2.24) is 4.90 Å². The lowest BCUT2D eigenvalue weighted by Gasteiger charge is -2.41. The second-order valence-corrected chi connectivity index (χ2v) is 5.29. The van der Waals surface area contributed by atoms with E-state index < -0.39 is 0 Å². The Morgan fingerprint density at radius 2 is 1.89 bits per heavy atom. The molecule has 1 aromatic rings. The maximum Gasteiger partial charge on any atom is 0.226 e. The first-order valence-corrected chi connectivity index (χ1v) is 7.28. The Hall–Kier alpha value is -1.35. The second kappa shape index (κ2) is 6.20. The molecule has 1 unspecified atom stereocenters. The van der Waals surface area contributed by atoms with Crippen LogP contribution in [0.1, 0.15) is 38.3 Å².